The number of para-hydroxylation sites is 4. The van der Waals surface area contributed by atoms with E-state index in [-0.39, 0.29) is 5.41 Å². The zero-order valence-electron chi connectivity index (χ0n) is 26.0. The number of aromatic nitrogens is 1. The van der Waals surface area contributed by atoms with E-state index in [0.717, 1.165) is 19.3 Å². The van der Waals surface area contributed by atoms with Crippen molar-refractivity contribution in [3.05, 3.63) is 180 Å². The monoisotopic (exact) mass is 593 g/mol. The molecule has 0 saturated heterocycles. The van der Waals surface area contributed by atoms with Crippen LogP contribution in [0, 0.1) is 5.41 Å². The Hall–Kier alpha value is -5.54. The summed E-state index contributed by atoms with van der Waals surface area (Å²) >= 11 is 0. The lowest BCUT2D eigenvalue weighted by atomic mass is 9.72. The summed E-state index contributed by atoms with van der Waals surface area (Å²) in [6, 6.07) is 48.2. The zero-order chi connectivity index (χ0) is 30.7. The summed E-state index contributed by atoms with van der Waals surface area (Å²) in [5.41, 5.74) is 12.7. The number of nitrogens with zero attached hydrogens (tertiary/aromatic N) is 3. The summed E-state index contributed by atoms with van der Waals surface area (Å²) in [6.45, 7) is 2.46. The van der Waals surface area contributed by atoms with Gasteiger partial charge in [-0.2, -0.15) is 0 Å². The van der Waals surface area contributed by atoms with E-state index in [1.807, 2.05) is 0 Å². The third-order valence-electron chi connectivity index (χ3n) is 10.1. The number of hydrogen-bond donors (Lipinski definition) is 0. The predicted molar refractivity (Wildman–Crippen MR) is 193 cm³/mol. The second-order valence-electron chi connectivity index (χ2n) is 12.8. The lowest BCUT2D eigenvalue weighted by molar-refractivity contribution is 0.460. The molecule has 2 aliphatic carbocycles. The normalized spacial score (nSPS) is 18.8. The summed E-state index contributed by atoms with van der Waals surface area (Å²) in [5.74, 6) is 0. The lowest BCUT2D eigenvalue weighted by Gasteiger charge is -2.39. The van der Waals surface area contributed by atoms with Gasteiger partial charge in [-0.25, -0.2) is 0 Å². The average Bonchev–Trinajstić information content (AvgIpc) is 3.58. The van der Waals surface area contributed by atoms with Crippen molar-refractivity contribution in [1.82, 2.24) is 4.57 Å². The predicted octanol–water partition coefficient (Wildman–Crippen LogP) is 11.2. The van der Waals surface area contributed by atoms with Crippen LogP contribution in [0.25, 0.3) is 27.5 Å². The van der Waals surface area contributed by atoms with E-state index < -0.39 is 0 Å². The van der Waals surface area contributed by atoms with Crippen LogP contribution >= 0.6 is 0 Å². The van der Waals surface area contributed by atoms with Crippen LogP contribution in [-0.2, 0) is 0 Å². The molecule has 1 unspecified atom stereocenters. The molecule has 0 radical (unpaired) electrons. The van der Waals surface area contributed by atoms with Crippen LogP contribution in [0.5, 0.6) is 0 Å². The van der Waals surface area contributed by atoms with Gasteiger partial charge in [0, 0.05) is 62.4 Å². The highest BCUT2D eigenvalue weighted by molar-refractivity contribution is 6.10. The van der Waals surface area contributed by atoms with Crippen molar-refractivity contribution in [3.63, 3.8) is 0 Å². The van der Waals surface area contributed by atoms with Crippen molar-refractivity contribution < 1.29 is 0 Å². The fraction of sp³-hybridized carbons (Fsp3) is 0.116. The number of allylic oxidation sites excluding steroid dienone is 6. The summed E-state index contributed by atoms with van der Waals surface area (Å²) < 4.78 is 2.39. The topological polar surface area (TPSA) is 11.4 Å². The smallest absolute Gasteiger partial charge is 0.0542 e. The molecule has 1 aliphatic heterocycles. The van der Waals surface area contributed by atoms with Crippen molar-refractivity contribution >= 4 is 38.9 Å². The SMILES string of the molecule is CC12CC(N(c3ccccc3)c3ccc4c(c3)c3ccccc3n4-c3ccccc3)=CC=C1N(c1ccccc1)C1=C2CCC=C1. The molecule has 222 valence electrons. The maximum Gasteiger partial charge on any atom is 0.0542 e. The number of anilines is 3. The van der Waals surface area contributed by atoms with E-state index in [0.29, 0.717) is 0 Å². The molecule has 0 bridgehead atoms. The van der Waals surface area contributed by atoms with Gasteiger partial charge in [-0.1, -0.05) is 78.9 Å². The van der Waals surface area contributed by atoms with Crippen molar-refractivity contribution in [3.8, 4) is 5.69 Å². The lowest BCUT2D eigenvalue weighted by Crippen LogP contribution is -2.31. The second-order valence-corrected chi connectivity index (χ2v) is 12.8. The number of benzene rings is 5. The number of rotatable bonds is 5. The minimum Gasteiger partial charge on any atom is -0.314 e. The van der Waals surface area contributed by atoms with Crippen molar-refractivity contribution in [2.24, 2.45) is 5.41 Å². The Morgan fingerprint density at radius 1 is 0.630 bits per heavy atom. The molecule has 0 N–H and O–H groups in total. The Labute approximate surface area is 270 Å². The van der Waals surface area contributed by atoms with Gasteiger partial charge in [0.05, 0.1) is 11.0 Å². The van der Waals surface area contributed by atoms with Crippen LogP contribution in [0.15, 0.2) is 180 Å². The Morgan fingerprint density at radius 2 is 1.30 bits per heavy atom. The van der Waals surface area contributed by atoms with Crippen LogP contribution in [-0.4, -0.2) is 4.57 Å². The summed E-state index contributed by atoms with van der Waals surface area (Å²) in [4.78, 5) is 4.98. The molecule has 46 heavy (non-hydrogen) atoms. The third-order valence-corrected chi connectivity index (χ3v) is 10.1. The maximum atomic E-state index is 2.50. The van der Waals surface area contributed by atoms with Crippen molar-refractivity contribution in [2.75, 3.05) is 9.80 Å². The highest BCUT2D eigenvalue weighted by Crippen LogP contribution is 2.57. The fourth-order valence-electron chi connectivity index (χ4n) is 8.02. The first-order valence-corrected chi connectivity index (χ1v) is 16.3. The molecule has 6 aromatic rings. The summed E-state index contributed by atoms with van der Waals surface area (Å²) in [6.07, 6.45) is 12.5. The van der Waals surface area contributed by atoms with Gasteiger partial charge in [-0.15, -0.1) is 0 Å². The van der Waals surface area contributed by atoms with E-state index in [1.54, 1.807) is 5.57 Å². The summed E-state index contributed by atoms with van der Waals surface area (Å²) in [7, 11) is 0. The molecule has 0 fully saturated rings. The molecular formula is C43H35N3. The largest absolute Gasteiger partial charge is 0.314 e. The molecule has 5 aromatic carbocycles. The molecule has 3 heteroatoms. The second kappa shape index (κ2) is 10.5. The minimum atomic E-state index is -0.0967. The van der Waals surface area contributed by atoms with Crippen molar-refractivity contribution in [2.45, 2.75) is 26.2 Å². The van der Waals surface area contributed by atoms with Gasteiger partial charge < -0.3 is 14.4 Å². The Kier molecular flexibility index (Phi) is 6.14. The molecule has 1 atom stereocenters. The Balaban J connectivity index is 1.22. The van der Waals surface area contributed by atoms with E-state index in [9.17, 15) is 0 Å². The van der Waals surface area contributed by atoms with E-state index >= 15 is 0 Å². The van der Waals surface area contributed by atoms with Gasteiger partial charge in [0.25, 0.3) is 0 Å². The minimum absolute atomic E-state index is 0.0967. The molecule has 3 aliphatic rings. The van der Waals surface area contributed by atoms with Crippen LogP contribution in [0.3, 0.4) is 0 Å². The van der Waals surface area contributed by atoms with Crippen LogP contribution in [0.1, 0.15) is 26.2 Å². The standard InChI is InChI=1S/C43H35N3/c1-43-30-35(26-28-42(43)46(33-19-9-4-10-20-33)41-24-14-12-22-38(41)43)44(31-15-5-2-6-16-31)34-25-27-40-37(29-34)36-21-11-13-23-39(36)45(40)32-17-7-3-8-18-32/h2-11,13-21,23-29H,12,22,30H2,1H3. The Bertz CT molecular complexity index is 2240. The van der Waals surface area contributed by atoms with Gasteiger partial charge in [0.2, 0.25) is 0 Å². The number of fused-ring (bicyclic) bond motifs is 5. The van der Waals surface area contributed by atoms with E-state index in [4.69, 9.17) is 0 Å². The Morgan fingerprint density at radius 3 is 2.09 bits per heavy atom. The molecule has 3 nitrogen and oxygen atoms in total. The average molecular weight is 594 g/mol. The van der Waals surface area contributed by atoms with Gasteiger partial charge in [0.1, 0.15) is 0 Å². The first kappa shape index (κ1) is 26.8. The zero-order valence-corrected chi connectivity index (χ0v) is 26.0. The van der Waals surface area contributed by atoms with Crippen molar-refractivity contribution in [1.29, 1.82) is 0 Å². The first-order chi connectivity index (χ1) is 22.7. The van der Waals surface area contributed by atoms with Crippen LogP contribution in [0.2, 0.25) is 0 Å². The quantitative estimate of drug-likeness (QED) is 0.197. The van der Waals surface area contributed by atoms with Gasteiger partial charge in [-0.05, 0) is 104 Å². The maximum absolute atomic E-state index is 2.50. The molecular weight excluding hydrogens is 558 g/mol. The summed E-state index contributed by atoms with van der Waals surface area (Å²) in [5, 5.41) is 2.52. The molecule has 9 rings (SSSR count). The van der Waals surface area contributed by atoms with Gasteiger partial charge >= 0.3 is 0 Å². The fourth-order valence-corrected chi connectivity index (χ4v) is 8.02. The molecule has 1 aromatic heterocycles. The van der Waals surface area contributed by atoms with Gasteiger partial charge in [-0.3, -0.25) is 0 Å². The van der Waals surface area contributed by atoms with Crippen LogP contribution < -0.4 is 9.80 Å². The van der Waals surface area contributed by atoms with Crippen LogP contribution in [0.4, 0.5) is 17.1 Å². The number of hydrogen-bond acceptors (Lipinski definition) is 2. The molecule has 0 amide bonds. The highest BCUT2D eigenvalue weighted by atomic mass is 15.2. The molecule has 2 heterocycles. The van der Waals surface area contributed by atoms with Gasteiger partial charge in [0.15, 0.2) is 0 Å². The van der Waals surface area contributed by atoms with E-state index in [1.165, 1.54) is 61.6 Å². The first-order valence-electron chi connectivity index (χ1n) is 16.3. The third kappa shape index (κ3) is 4.05. The highest BCUT2D eigenvalue weighted by Gasteiger charge is 2.47. The molecule has 0 saturated carbocycles. The van der Waals surface area contributed by atoms with E-state index in [2.05, 4.69) is 179 Å². The molecule has 0 spiro atoms.